The molecule has 1 saturated heterocycles. The van der Waals surface area contributed by atoms with E-state index in [0.29, 0.717) is 5.92 Å². The Labute approximate surface area is 178 Å². The lowest BCUT2D eigenvalue weighted by molar-refractivity contribution is 0.343. The van der Waals surface area contributed by atoms with E-state index in [1.54, 1.807) is 11.8 Å². The van der Waals surface area contributed by atoms with Gasteiger partial charge in [0.1, 0.15) is 5.82 Å². The third-order valence-corrected chi connectivity index (χ3v) is 5.46. The second-order valence-electron chi connectivity index (χ2n) is 6.35. The van der Waals surface area contributed by atoms with E-state index in [-0.39, 0.29) is 29.8 Å². The molecule has 148 valence electrons. The molecule has 1 unspecified atom stereocenters. The summed E-state index contributed by atoms with van der Waals surface area (Å²) in [4.78, 5) is 8.36. The Kier molecular flexibility index (Phi) is 12.3. The van der Waals surface area contributed by atoms with Crippen LogP contribution in [0.25, 0.3) is 0 Å². The van der Waals surface area contributed by atoms with Gasteiger partial charge in [-0.3, -0.25) is 4.99 Å². The van der Waals surface area contributed by atoms with Gasteiger partial charge in [-0.2, -0.15) is 0 Å². The quantitative estimate of drug-likeness (QED) is 0.180. The lowest BCUT2D eigenvalue weighted by Crippen LogP contribution is -2.38. The monoisotopic (exact) mass is 494 g/mol. The van der Waals surface area contributed by atoms with Gasteiger partial charge >= 0.3 is 0 Å². The minimum atomic E-state index is -0.179. The van der Waals surface area contributed by atoms with Crippen LogP contribution in [0.3, 0.4) is 0 Å². The summed E-state index contributed by atoms with van der Waals surface area (Å²) in [5.41, 5.74) is 0. The summed E-state index contributed by atoms with van der Waals surface area (Å²) in [5, 5.41) is 6.74. The predicted octanol–water partition coefficient (Wildman–Crippen LogP) is 3.82. The number of thioether (sulfide) groups is 1. The van der Waals surface area contributed by atoms with Gasteiger partial charge in [0.15, 0.2) is 5.96 Å². The van der Waals surface area contributed by atoms with Crippen LogP contribution < -0.4 is 10.6 Å². The molecule has 0 amide bonds. The van der Waals surface area contributed by atoms with Gasteiger partial charge in [0, 0.05) is 31.1 Å². The van der Waals surface area contributed by atoms with Gasteiger partial charge in [0.2, 0.25) is 0 Å². The van der Waals surface area contributed by atoms with E-state index in [0.717, 1.165) is 49.2 Å². The highest BCUT2D eigenvalue weighted by Crippen LogP contribution is 2.18. The zero-order valence-corrected chi connectivity index (χ0v) is 19.0. The minimum Gasteiger partial charge on any atom is -0.357 e. The van der Waals surface area contributed by atoms with Crippen molar-refractivity contribution in [2.75, 3.05) is 45.0 Å². The van der Waals surface area contributed by atoms with Crippen molar-refractivity contribution in [2.24, 2.45) is 10.9 Å². The predicted molar refractivity (Wildman–Crippen MR) is 121 cm³/mol. The van der Waals surface area contributed by atoms with Gasteiger partial charge in [-0.15, -0.1) is 35.7 Å². The molecule has 1 aliphatic rings. The van der Waals surface area contributed by atoms with Crippen molar-refractivity contribution in [3.8, 4) is 0 Å². The summed E-state index contributed by atoms with van der Waals surface area (Å²) in [7, 11) is 0. The van der Waals surface area contributed by atoms with Crippen molar-refractivity contribution < 1.29 is 4.39 Å². The minimum absolute atomic E-state index is 0. The van der Waals surface area contributed by atoms with Crippen molar-refractivity contribution in [3.05, 3.63) is 30.1 Å². The molecule has 1 heterocycles. The van der Waals surface area contributed by atoms with Crippen LogP contribution in [0.15, 0.2) is 34.2 Å². The first kappa shape index (κ1) is 23.5. The largest absolute Gasteiger partial charge is 0.357 e. The highest BCUT2D eigenvalue weighted by Gasteiger charge is 2.20. The van der Waals surface area contributed by atoms with Gasteiger partial charge in [0.25, 0.3) is 0 Å². The first-order valence-corrected chi connectivity index (χ1v) is 10.3. The van der Waals surface area contributed by atoms with Gasteiger partial charge in [0.05, 0.1) is 0 Å². The molecular formula is C19H32FIN4S. The third kappa shape index (κ3) is 8.90. The van der Waals surface area contributed by atoms with Crippen LogP contribution in [-0.2, 0) is 0 Å². The van der Waals surface area contributed by atoms with E-state index in [4.69, 9.17) is 4.99 Å². The van der Waals surface area contributed by atoms with Crippen molar-refractivity contribution >= 4 is 41.7 Å². The Balaban J connectivity index is 0.00000338. The van der Waals surface area contributed by atoms with Gasteiger partial charge < -0.3 is 15.5 Å². The highest BCUT2D eigenvalue weighted by atomic mass is 127. The number of guanidine groups is 1. The molecule has 7 heteroatoms. The Morgan fingerprint density at radius 1 is 1.27 bits per heavy atom. The molecule has 1 aromatic rings. The molecule has 4 nitrogen and oxygen atoms in total. The lowest BCUT2D eigenvalue weighted by atomic mass is 10.1. The fourth-order valence-corrected chi connectivity index (χ4v) is 3.76. The number of nitrogens with zero attached hydrogens (tertiary/aromatic N) is 2. The molecular weight excluding hydrogens is 462 g/mol. The maximum Gasteiger partial charge on any atom is 0.191 e. The Morgan fingerprint density at radius 3 is 2.69 bits per heavy atom. The fraction of sp³-hybridized carbons (Fsp3) is 0.632. The topological polar surface area (TPSA) is 39.7 Å². The molecule has 0 bridgehead atoms. The van der Waals surface area contributed by atoms with Crippen LogP contribution in [0.4, 0.5) is 4.39 Å². The van der Waals surface area contributed by atoms with E-state index < -0.39 is 0 Å². The number of halogens is 2. The number of hydrogen-bond donors (Lipinski definition) is 2. The summed E-state index contributed by atoms with van der Waals surface area (Å²) in [5.74, 6) is 2.43. The van der Waals surface area contributed by atoms with Crippen LogP contribution in [0.1, 0.15) is 26.7 Å². The fourth-order valence-electron chi connectivity index (χ4n) is 2.91. The molecule has 2 rings (SSSR count). The SMILES string of the molecule is CCNC(=NCC1CCN(CC)C1)NCCCSc1ccc(F)cc1.I. The molecule has 0 radical (unpaired) electrons. The maximum atomic E-state index is 12.9. The number of benzene rings is 1. The summed E-state index contributed by atoms with van der Waals surface area (Å²) >= 11 is 1.76. The van der Waals surface area contributed by atoms with E-state index >= 15 is 0 Å². The molecule has 2 N–H and O–H groups in total. The number of rotatable bonds is 9. The molecule has 0 aromatic heterocycles. The van der Waals surface area contributed by atoms with Crippen LogP contribution in [0, 0.1) is 11.7 Å². The Morgan fingerprint density at radius 2 is 2.04 bits per heavy atom. The van der Waals surface area contributed by atoms with Crippen molar-refractivity contribution in [2.45, 2.75) is 31.6 Å². The second kappa shape index (κ2) is 13.6. The molecule has 0 saturated carbocycles. The molecule has 0 spiro atoms. The van der Waals surface area contributed by atoms with Crippen LogP contribution in [0.2, 0.25) is 0 Å². The third-order valence-electron chi connectivity index (χ3n) is 4.36. The Bertz CT molecular complexity index is 527. The lowest BCUT2D eigenvalue weighted by Gasteiger charge is -2.14. The molecule has 1 fully saturated rings. The van der Waals surface area contributed by atoms with E-state index in [1.165, 1.54) is 31.6 Å². The molecule has 1 atom stereocenters. The smallest absolute Gasteiger partial charge is 0.191 e. The number of aliphatic imine (C=N–C) groups is 1. The number of nitrogens with one attached hydrogen (secondary N) is 2. The van der Waals surface area contributed by atoms with Crippen molar-refractivity contribution in [1.29, 1.82) is 0 Å². The summed E-state index contributed by atoms with van der Waals surface area (Å²) in [6.07, 6.45) is 2.30. The first-order valence-electron chi connectivity index (χ1n) is 9.34. The van der Waals surface area contributed by atoms with Crippen LogP contribution in [0.5, 0.6) is 0 Å². The first-order chi connectivity index (χ1) is 12.2. The Hall–Kier alpha value is -0.540. The molecule has 1 aliphatic heterocycles. The zero-order valence-electron chi connectivity index (χ0n) is 15.8. The van der Waals surface area contributed by atoms with E-state index in [2.05, 4.69) is 29.4 Å². The van der Waals surface area contributed by atoms with Crippen molar-refractivity contribution in [1.82, 2.24) is 15.5 Å². The summed E-state index contributed by atoms with van der Waals surface area (Å²) in [6, 6.07) is 6.69. The van der Waals surface area contributed by atoms with E-state index in [1.807, 2.05) is 12.1 Å². The summed E-state index contributed by atoms with van der Waals surface area (Å²) in [6.45, 7) is 10.5. The highest BCUT2D eigenvalue weighted by molar-refractivity contribution is 14.0. The average Bonchev–Trinajstić information content (AvgIpc) is 3.09. The zero-order chi connectivity index (χ0) is 17.9. The maximum absolute atomic E-state index is 12.9. The second-order valence-corrected chi connectivity index (χ2v) is 7.52. The molecule has 1 aromatic carbocycles. The van der Waals surface area contributed by atoms with Gasteiger partial charge in [-0.1, -0.05) is 6.92 Å². The number of hydrogen-bond acceptors (Lipinski definition) is 3. The van der Waals surface area contributed by atoms with Crippen LogP contribution in [-0.4, -0.2) is 55.9 Å². The number of likely N-dealkylation sites (tertiary alicyclic amines) is 1. The van der Waals surface area contributed by atoms with E-state index in [9.17, 15) is 4.39 Å². The van der Waals surface area contributed by atoms with Gasteiger partial charge in [-0.05, 0) is 68.8 Å². The van der Waals surface area contributed by atoms with Crippen molar-refractivity contribution in [3.63, 3.8) is 0 Å². The average molecular weight is 494 g/mol. The molecule has 26 heavy (non-hydrogen) atoms. The molecule has 0 aliphatic carbocycles. The van der Waals surface area contributed by atoms with Gasteiger partial charge in [-0.25, -0.2) is 4.39 Å². The van der Waals surface area contributed by atoms with Crippen LogP contribution >= 0.6 is 35.7 Å². The normalized spacial score (nSPS) is 17.8. The summed E-state index contributed by atoms with van der Waals surface area (Å²) < 4.78 is 12.9. The standard InChI is InChI=1S/C19H31FN4S.HI/c1-3-21-19(23-14-16-10-12-24(4-2)15-16)22-11-5-13-25-18-8-6-17(20)7-9-18;/h6-9,16H,3-5,10-15H2,1-2H3,(H2,21,22,23);1H.